The monoisotopic (exact) mass is 309 g/mol. The number of Topliss-reactive ketones (excluding diaryl/α,β-unsaturated/α-hetero) is 1. The molecule has 0 radical (unpaired) electrons. The van der Waals surface area contributed by atoms with Crippen LogP contribution in [0, 0.1) is 11.3 Å². The summed E-state index contributed by atoms with van der Waals surface area (Å²) in [4.78, 5) is 27.1. The van der Waals surface area contributed by atoms with Crippen molar-refractivity contribution in [1.82, 2.24) is 4.90 Å². The van der Waals surface area contributed by atoms with Gasteiger partial charge in [0, 0.05) is 23.4 Å². The molecule has 0 N–H and O–H groups in total. The number of hydrogen-bond donors (Lipinski definition) is 0. The Hall–Kier alpha value is -1.06. The Labute approximate surface area is 134 Å². The number of rotatable bonds is 1. The molecule has 0 aromatic rings. The van der Waals surface area contributed by atoms with Gasteiger partial charge in [0.15, 0.2) is 0 Å². The van der Waals surface area contributed by atoms with Gasteiger partial charge in [0.2, 0.25) is 0 Å². The lowest BCUT2D eigenvalue weighted by molar-refractivity contribution is -0.134. The van der Waals surface area contributed by atoms with Crippen LogP contribution in [0.3, 0.4) is 0 Å². The van der Waals surface area contributed by atoms with E-state index in [1.807, 2.05) is 46.4 Å². The number of amides is 1. The third kappa shape index (κ3) is 3.82. The van der Waals surface area contributed by atoms with Crippen LogP contribution in [0.2, 0.25) is 0 Å². The number of ketones is 1. The fourth-order valence-electron chi connectivity index (χ4n) is 3.82. The van der Waals surface area contributed by atoms with Gasteiger partial charge in [-0.3, -0.25) is 4.79 Å². The molecule has 2 fully saturated rings. The van der Waals surface area contributed by atoms with E-state index in [1.54, 1.807) is 0 Å². The van der Waals surface area contributed by atoms with Crippen LogP contribution in [0.25, 0.3) is 0 Å². The second-order valence-corrected chi connectivity index (χ2v) is 8.91. The lowest BCUT2D eigenvalue weighted by Gasteiger charge is -2.49. The van der Waals surface area contributed by atoms with Gasteiger partial charge in [0.05, 0.1) is 0 Å². The minimum atomic E-state index is -0.469. The second-order valence-electron chi connectivity index (χ2n) is 8.91. The van der Waals surface area contributed by atoms with Gasteiger partial charge < -0.3 is 9.64 Å². The van der Waals surface area contributed by atoms with Crippen LogP contribution in [-0.4, -0.2) is 34.5 Å². The zero-order valence-corrected chi connectivity index (χ0v) is 14.9. The van der Waals surface area contributed by atoms with Gasteiger partial charge in [-0.2, -0.15) is 0 Å². The van der Waals surface area contributed by atoms with Crippen LogP contribution >= 0.6 is 0 Å². The van der Waals surface area contributed by atoms with Gasteiger partial charge in [-0.25, -0.2) is 4.79 Å². The zero-order valence-electron chi connectivity index (χ0n) is 14.9. The molecule has 2 bridgehead atoms. The number of ether oxygens (including phenoxy) is 1. The van der Waals surface area contributed by atoms with Crippen LogP contribution < -0.4 is 0 Å². The third-order valence-electron chi connectivity index (χ3n) is 4.69. The summed E-state index contributed by atoms with van der Waals surface area (Å²) in [7, 11) is 0. The molecule has 2 heterocycles. The molecule has 1 amide bonds. The molecule has 0 saturated carbocycles. The number of nitrogens with zero attached hydrogens (tertiary/aromatic N) is 1. The van der Waals surface area contributed by atoms with Gasteiger partial charge in [-0.1, -0.05) is 20.8 Å². The summed E-state index contributed by atoms with van der Waals surface area (Å²) >= 11 is 0. The highest BCUT2D eigenvalue weighted by molar-refractivity contribution is 5.86. The Morgan fingerprint density at radius 3 is 1.86 bits per heavy atom. The quantitative estimate of drug-likeness (QED) is 0.730. The van der Waals surface area contributed by atoms with Gasteiger partial charge in [-0.15, -0.1) is 0 Å². The summed E-state index contributed by atoms with van der Waals surface area (Å²) in [6.45, 7) is 11.7. The lowest BCUT2D eigenvalue weighted by atomic mass is 9.72. The van der Waals surface area contributed by atoms with Crippen molar-refractivity contribution < 1.29 is 14.3 Å². The van der Waals surface area contributed by atoms with Crippen molar-refractivity contribution in [3.8, 4) is 0 Å². The van der Waals surface area contributed by atoms with E-state index in [4.69, 9.17) is 4.74 Å². The van der Waals surface area contributed by atoms with Crippen molar-refractivity contribution in [2.75, 3.05) is 0 Å². The molecule has 126 valence electrons. The molecule has 4 nitrogen and oxygen atoms in total. The van der Waals surface area contributed by atoms with Crippen LogP contribution in [0.5, 0.6) is 0 Å². The fraction of sp³-hybridized carbons (Fsp3) is 0.889. The molecular weight excluding hydrogens is 278 g/mol. The maximum atomic E-state index is 12.6. The average molecular weight is 309 g/mol. The number of fused-ring (bicyclic) bond motifs is 2. The molecule has 0 aliphatic carbocycles. The molecule has 2 aliphatic heterocycles. The summed E-state index contributed by atoms with van der Waals surface area (Å²) in [5, 5.41) is 0. The molecule has 2 saturated heterocycles. The molecule has 22 heavy (non-hydrogen) atoms. The lowest BCUT2D eigenvalue weighted by Crippen LogP contribution is -2.57. The van der Waals surface area contributed by atoms with Crippen molar-refractivity contribution in [3.05, 3.63) is 0 Å². The summed E-state index contributed by atoms with van der Waals surface area (Å²) < 4.78 is 5.58. The molecule has 4 heteroatoms. The summed E-state index contributed by atoms with van der Waals surface area (Å²) in [6.07, 6.45) is 4.51. The van der Waals surface area contributed by atoms with Crippen molar-refractivity contribution >= 4 is 11.9 Å². The smallest absolute Gasteiger partial charge is 0.410 e. The van der Waals surface area contributed by atoms with E-state index < -0.39 is 5.60 Å². The average Bonchev–Trinajstić information content (AvgIpc) is 2.32. The highest BCUT2D eigenvalue weighted by Gasteiger charge is 2.45. The summed E-state index contributed by atoms with van der Waals surface area (Å²) in [6, 6.07) is 0.331. The minimum absolute atomic E-state index is 0.0917. The van der Waals surface area contributed by atoms with E-state index in [0.29, 0.717) is 5.78 Å². The maximum Gasteiger partial charge on any atom is 0.410 e. The molecule has 2 rings (SSSR count). The summed E-state index contributed by atoms with van der Waals surface area (Å²) in [5.74, 6) is 0.433. The van der Waals surface area contributed by atoms with E-state index >= 15 is 0 Å². The standard InChI is InChI=1S/C18H31NO3/c1-17(2,3)15(20)12-10-13-8-7-9-14(11-12)19(13)16(21)22-18(4,5)6/h12-14H,7-11H2,1-6H3. The second kappa shape index (κ2) is 5.86. The molecule has 0 spiro atoms. The van der Waals surface area contributed by atoms with Crippen LogP contribution in [0.4, 0.5) is 4.79 Å². The van der Waals surface area contributed by atoms with Crippen molar-refractivity contribution in [3.63, 3.8) is 0 Å². The molecule has 2 unspecified atom stereocenters. The number of piperidine rings is 2. The van der Waals surface area contributed by atoms with Gasteiger partial charge >= 0.3 is 6.09 Å². The van der Waals surface area contributed by atoms with Crippen molar-refractivity contribution in [1.29, 1.82) is 0 Å². The van der Waals surface area contributed by atoms with E-state index in [2.05, 4.69) is 0 Å². The Kier molecular flexibility index (Phi) is 4.61. The Morgan fingerprint density at radius 2 is 1.45 bits per heavy atom. The van der Waals surface area contributed by atoms with Crippen molar-refractivity contribution in [2.24, 2.45) is 11.3 Å². The first-order valence-corrected chi connectivity index (χ1v) is 8.54. The number of hydrogen-bond acceptors (Lipinski definition) is 3. The van der Waals surface area contributed by atoms with E-state index in [1.165, 1.54) is 0 Å². The predicted octanol–water partition coefficient (Wildman–Crippen LogP) is 4.17. The van der Waals surface area contributed by atoms with Crippen LogP contribution in [-0.2, 0) is 9.53 Å². The van der Waals surface area contributed by atoms with Crippen molar-refractivity contribution in [2.45, 2.75) is 91.3 Å². The van der Waals surface area contributed by atoms with Gasteiger partial charge in [0.1, 0.15) is 11.4 Å². The van der Waals surface area contributed by atoms with E-state index in [-0.39, 0.29) is 29.5 Å². The highest BCUT2D eigenvalue weighted by Crippen LogP contribution is 2.40. The minimum Gasteiger partial charge on any atom is -0.444 e. The Morgan fingerprint density at radius 1 is 0.955 bits per heavy atom. The zero-order chi connectivity index (χ0) is 16.7. The summed E-state index contributed by atoms with van der Waals surface area (Å²) in [5.41, 5.74) is -0.767. The molecule has 0 aromatic carbocycles. The van der Waals surface area contributed by atoms with Gasteiger partial charge in [0.25, 0.3) is 0 Å². The van der Waals surface area contributed by atoms with E-state index in [0.717, 1.165) is 32.1 Å². The molecular formula is C18H31NO3. The molecule has 2 atom stereocenters. The largest absolute Gasteiger partial charge is 0.444 e. The fourth-order valence-corrected chi connectivity index (χ4v) is 3.82. The maximum absolute atomic E-state index is 12.6. The van der Waals surface area contributed by atoms with Crippen LogP contribution in [0.15, 0.2) is 0 Å². The Bertz CT molecular complexity index is 430. The SMILES string of the molecule is CC(C)(C)OC(=O)N1C2CCCC1CC(C(=O)C(C)(C)C)C2. The number of carbonyl (C=O) groups excluding carboxylic acids is 2. The normalized spacial score (nSPS) is 29.2. The first-order chi connectivity index (χ1) is 9.99. The van der Waals surface area contributed by atoms with E-state index in [9.17, 15) is 9.59 Å². The first-order valence-electron chi connectivity index (χ1n) is 8.54. The third-order valence-corrected chi connectivity index (χ3v) is 4.69. The van der Waals surface area contributed by atoms with Crippen LogP contribution in [0.1, 0.15) is 73.6 Å². The number of carbonyl (C=O) groups is 2. The van der Waals surface area contributed by atoms with Gasteiger partial charge in [-0.05, 0) is 52.9 Å². The highest BCUT2D eigenvalue weighted by atomic mass is 16.6. The molecule has 2 aliphatic rings. The predicted molar refractivity (Wildman–Crippen MR) is 86.7 cm³/mol. The topological polar surface area (TPSA) is 46.6 Å². The first kappa shape index (κ1) is 17.3. The molecule has 0 aromatic heterocycles. The Balaban J connectivity index is 2.12.